The van der Waals surface area contributed by atoms with Crippen molar-refractivity contribution in [2.24, 2.45) is 0 Å². The number of hydrogen-bond donors (Lipinski definition) is 2. The highest BCUT2D eigenvalue weighted by atomic mass is 16.3. The molecule has 0 saturated carbocycles. The number of amides is 1. The Kier molecular flexibility index (Phi) is 4.02. The van der Waals surface area contributed by atoms with Crippen molar-refractivity contribution in [3.8, 4) is 11.1 Å². The van der Waals surface area contributed by atoms with Crippen LogP contribution < -0.4 is 0 Å². The molecule has 2 aromatic carbocycles. The average molecular weight is 294 g/mol. The minimum absolute atomic E-state index is 0.101. The lowest BCUT2D eigenvalue weighted by atomic mass is 10.0. The Labute approximate surface area is 129 Å². The van der Waals surface area contributed by atoms with Gasteiger partial charge in [-0.15, -0.1) is 0 Å². The minimum Gasteiger partial charge on any atom is -0.394 e. The van der Waals surface area contributed by atoms with Gasteiger partial charge in [-0.3, -0.25) is 4.79 Å². The molecule has 4 heteroatoms. The molecule has 1 fully saturated rings. The third-order valence-corrected chi connectivity index (χ3v) is 3.99. The molecule has 2 N–H and O–H groups in total. The second-order valence-electron chi connectivity index (χ2n) is 5.52. The Hall–Kier alpha value is -2.46. The van der Waals surface area contributed by atoms with E-state index >= 15 is 0 Å². The first-order chi connectivity index (χ1) is 10.7. The van der Waals surface area contributed by atoms with E-state index in [0.717, 1.165) is 11.1 Å². The van der Waals surface area contributed by atoms with Crippen LogP contribution in [-0.2, 0) is 0 Å². The monoisotopic (exact) mass is 294 g/mol. The van der Waals surface area contributed by atoms with Crippen molar-refractivity contribution in [2.75, 3.05) is 13.2 Å². The highest BCUT2D eigenvalue weighted by Crippen LogP contribution is 2.22. The zero-order chi connectivity index (χ0) is 15.5. The van der Waals surface area contributed by atoms with Crippen molar-refractivity contribution in [3.63, 3.8) is 0 Å². The van der Waals surface area contributed by atoms with Crippen LogP contribution >= 0.6 is 0 Å². The molecule has 0 spiro atoms. The molecule has 1 saturated heterocycles. The number of carbonyl (C=O) groups excluding carboxylic acids is 1. The lowest BCUT2D eigenvalue weighted by molar-refractivity contribution is 0.0680. The average Bonchev–Trinajstić information content (AvgIpc) is 2.96. The van der Waals surface area contributed by atoms with E-state index in [2.05, 4.69) is 0 Å². The Bertz CT molecular complexity index is 680. The van der Waals surface area contributed by atoms with Gasteiger partial charge in [0.15, 0.2) is 0 Å². The van der Waals surface area contributed by atoms with E-state index in [1.165, 1.54) is 0 Å². The summed E-state index contributed by atoms with van der Waals surface area (Å²) in [6.07, 6.45) is 0.463. The SMILES string of the molecule is N=C1C[C@@H](CO)N(C(=O)c2ccc(-c3ccccc3)cc2)C1. The zero-order valence-electron chi connectivity index (χ0n) is 12.2. The molecular weight excluding hydrogens is 276 g/mol. The molecular formula is C18H18N2O2. The van der Waals surface area contributed by atoms with E-state index in [9.17, 15) is 9.90 Å². The van der Waals surface area contributed by atoms with E-state index in [-0.39, 0.29) is 18.6 Å². The van der Waals surface area contributed by atoms with Gasteiger partial charge in [-0.05, 0) is 23.3 Å². The van der Waals surface area contributed by atoms with Crippen LogP contribution in [0.3, 0.4) is 0 Å². The van der Waals surface area contributed by atoms with Crippen LogP contribution in [0.25, 0.3) is 11.1 Å². The van der Waals surface area contributed by atoms with E-state index in [1.54, 1.807) is 17.0 Å². The molecule has 0 aromatic heterocycles. The molecule has 3 rings (SSSR count). The smallest absolute Gasteiger partial charge is 0.254 e. The Morgan fingerprint density at radius 1 is 1.09 bits per heavy atom. The van der Waals surface area contributed by atoms with Crippen LogP contribution in [0, 0.1) is 5.41 Å². The highest BCUT2D eigenvalue weighted by molar-refractivity contribution is 6.00. The van der Waals surface area contributed by atoms with E-state index in [1.807, 2.05) is 42.5 Å². The van der Waals surface area contributed by atoms with Crippen molar-refractivity contribution in [1.82, 2.24) is 4.90 Å². The number of likely N-dealkylation sites (tertiary alicyclic amines) is 1. The summed E-state index contributed by atoms with van der Waals surface area (Å²) in [6.45, 7) is 0.209. The van der Waals surface area contributed by atoms with Crippen molar-refractivity contribution in [3.05, 3.63) is 60.2 Å². The largest absolute Gasteiger partial charge is 0.394 e. The van der Waals surface area contributed by atoms with Gasteiger partial charge in [-0.25, -0.2) is 0 Å². The maximum Gasteiger partial charge on any atom is 0.254 e. The summed E-state index contributed by atoms with van der Waals surface area (Å²) in [4.78, 5) is 14.1. The molecule has 1 atom stereocenters. The standard InChI is InChI=1S/C18H18N2O2/c19-16-10-17(12-21)20(11-16)18(22)15-8-6-14(7-9-15)13-4-2-1-3-5-13/h1-9,17,19,21H,10-12H2/t17-/m0/s1. The van der Waals surface area contributed by atoms with Gasteiger partial charge in [-0.2, -0.15) is 0 Å². The third kappa shape index (κ3) is 2.78. The lowest BCUT2D eigenvalue weighted by Gasteiger charge is -2.22. The van der Waals surface area contributed by atoms with E-state index in [0.29, 0.717) is 24.2 Å². The molecule has 1 amide bonds. The molecule has 22 heavy (non-hydrogen) atoms. The van der Waals surface area contributed by atoms with Crippen molar-refractivity contribution in [1.29, 1.82) is 5.41 Å². The quantitative estimate of drug-likeness (QED) is 0.914. The first-order valence-electron chi connectivity index (χ1n) is 7.32. The summed E-state index contributed by atoms with van der Waals surface area (Å²) in [6, 6.07) is 17.2. The summed E-state index contributed by atoms with van der Waals surface area (Å²) < 4.78 is 0. The number of nitrogens with one attached hydrogen (secondary N) is 1. The number of nitrogens with zero attached hydrogens (tertiary/aromatic N) is 1. The number of hydrogen-bond acceptors (Lipinski definition) is 3. The summed E-state index contributed by atoms with van der Waals surface area (Å²) in [5, 5.41) is 17.1. The first-order valence-corrected chi connectivity index (χ1v) is 7.32. The zero-order valence-corrected chi connectivity index (χ0v) is 12.2. The molecule has 112 valence electrons. The van der Waals surface area contributed by atoms with Crippen LogP contribution in [0.5, 0.6) is 0 Å². The predicted octanol–water partition coefficient (Wildman–Crippen LogP) is 2.58. The maximum absolute atomic E-state index is 12.5. The van der Waals surface area contributed by atoms with Gasteiger partial charge in [0.25, 0.3) is 5.91 Å². The van der Waals surface area contributed by atoms with E-state index < -0.39 is 0 Å². The molecule has 1 aliphatic heterocycles. The molecule has 0 unspecified atom stereocenters. The first kappa shape index (κ1) is 14.5. The van der Waals surface area contributed by atoms with Gasteiger partial charge in [0.2, 0.25) is 0 Å². The van der Waals surface area contributed by atoms with Crippen LogP contribution in [0.15, 0.2) is 54.6 Å². The maximum atomic E-state index is 12.5. The van der Waals surface area contributed by atoms with Crippen LogP contribution in [-0.4, -0.2) is 40.8 Å². The van der Waals surface area contributed by atoms with Gasteiger partial charge in [-0.1, -0.05) is 42.5 Å². The molecule has 1 aliphatic rings. The fourth-order valence-electron chi connectivity index (χ4n) is 2.80. The van der Waals surface area contributed by atoms with Crippen LogP contribution in [0.4, 0.5) is 0 Å². The number of carbonyl (C=O) groups is 1. The molecule has 0 radical (unpaired) electrons. The summed E-state index contributed by atoms with van der Waals surface area (Å²) in [7, 11) is 0. The van der Waals surface area contributed by atoms with Gasteiger partial charge in [0.05, 0.1) is 19.2 Å². The molecule has 0 bridgehead atoms. The third-order valence-electron chi connectivity index (χ3n) is 3.99. The second-order valence-corrected chi connectivity index (χ2v) is 5.52. The fourth-order valence-corrected chi connectivity index (χ4v) is 2.80. The number of aliphatic hydroxyl groups excluding tert-OH is 1. The van der Waals surface area contributed by atoms with Gasteiger partial charge < -0.3 is 15.4 Å². The van der Waals surface area contributed by atoms with Gasteiger partial charge in [0.1, 0.15) is 0 Å². The number of benzene rings is 2. The molecule has 4 nitrogen and oxygen atoms in total. The lowest BCUT2D eigenvalue weighted by Crippen LogP contribution is -2.37. The van der Waals surface area contributed by atoms with Crippen LogP contribution in [0.2, 0.25) is 0 Å². The van der Waals surface area contributed by atoms with Gasteiger partial charge >= 0.3 is 0 Å². The topological polar surface area (TPSA) is 64.4 Å². The Morgan fingerprint density at radius 2 is 1.73 bits per heavy atom. The predicted molar refractivity (Wildman–Crippen MR) is 86.1 cm³/mol. The van der Waals surface area contributed by atoms with E-state index in [4.69, 9.17) is 5.41 Å². The van der Waals surface area contributed by atoms with Crippen molar-refractivity contribution >= 4 is 11.6 Å². The Balaban J connectivity index is 1.81. The molecule has 2 aromatic rings. The van der Waals surface area contributed by atoms with Crippen LogP contribution in [0.1, 0.15) is 16.8 Å². The van der Waals surface area contributed by atoms with Crippen molar-refractivity contribution in [2.45, 2.75) is 12.5 Å². The second kappa shape index (κ2) is 6.12. The minimum atomic E-state index is -0.270. The summed E-state index contributed by atoms with van der Waals surface area (Å²) >= 11 is 0. The Morgan fingerprint density at radius 3 is 2.36 bits per heavy atom. The molecule has 0 aliphatic carbocycles. The van der Waals surface area contributed by atoms with Gasteiger partial charge in [0, 0.05) is 17.7 Å². The summed E-state index contributed by atoms with van der Waals surface area (Å²) in [5.41, 5.74) is 3.25. The number of rotatable bonds is 3. The van der Waals surface area contributed by atoms with Crippen molar-refractivity contribution < 1.29 is 9.90 Å². The fraction of sp³-hybridized carbons (Fsp3) is 0.222. The number of aliphatic hydroxyl groups is 1. The summed E-state index contributed by atoms with van der Waals surface area (Å²) in [5.74, 6) is -0.124. The molecule has 1 heterocycles. The highest BCUT2D eigenvalue weighted by Gasteiger charge is 2.31. The normalized spacial score (nSPS) is 17.8.